The van der Waals surface area contributed by atoms with E-state index < -0.39 is 0 Å². The summed E-state index contributed by atoms with van der Waals surface area (Å²) < 4.78 is 0. The van der Waals surface area contributed by atoms with E-state index in [1.165, 1.54) is 28.6 Å². The highest BCUT2D eigenvalue weighted by molar-refractivity contribution is 5.16. The molecular formula is C69H91N19. The van der Waals surface area contributed by atoms with Crippen LogP contribution in [0.4, 0.5) is 0 Å². The van der Waals surface area contributed by atoms with Crippen LogP contribution >= 0.6 is 0 Å². The lowest BCUT2D eigenvalue weighted by molar-refractivity contribution is 0.920. The number of pyridine rings is 4. The fourth-order valence-corrected chi connectivity index (χ4v) is 5.97. The van der Waals surface area contributed by atoms with Gasteiger partial charge in [-0.3, -0.25) is 39.9 Å². The molecule has 0 aliphatic rings. The molecule has 11 heterocycles. The average molecular weight is 1190 g/mol. The van der Waals surface area contributed by atoms with Crippen molar-refractivity contribution in [1.29, 1.82) is 0 Å². The molecule has 0 aliphatic carbocycles. The monoisotopic (exact) mass is 1190 g/mol. The third-order valence-electron chi connectivity index (χ3n) is 10.9. The molecule has 11 aromatic rings. The van der Waals surface area contributed by atoms with E-state index in [4.69, 9.17) is 0 Å². The van der Waals surface area contributed by atoms with E-state index >= 15 is 0 Å². The summed E-state index contributed by atoms with van der Waals surface area (Å²) >= 11 is 0. The van der Waals surface area contributed by atoms with E-state index in [-0.39, 0.29) is 0 Å². The summed E-state index contributed by atoms with van der Waals surface area (Å²) in [7, 11) is 0. The number of aryl methyl sites for hydroxylation is 22. The largest absolute Gasteiger partial charge is 0.262 e. The molecule has 0 aromatic carbocycles. The number of aromatic nitrogens is 19. The molecule has 0 spiro atoms. The fourth-order valence-electron chi connectivity index (χ4n) is 5.97. The Labute approximate surface area is 523 Å². The van der Waals surface area contributed by atoms with Crippen LogP contribution in [-0.2, 0) is 0 Å². The van der Waals surface area contributed by atoms with Gasteiger partial charge in [0.1, 0.15) is 29.6 Å². The standard InChI is InChI=1S/4C7H9N.6C6H8N2.C5H7N3/c1-6-3-4-8-7(2)5-6;1-6-3-4-7(2)8-5-6;1-6-4-3-5-8-7(6)2;1-6-4-3-5-7(2)8-6;1-5-3-8-6(2)4-7-5;1-5-3-7-4-6(2)8-5;1-5-3-7-6(2)8-4-5;1-5-3-4-7-6(2)8-5;1-5-3-4-7-8-6(5)2;1-5-3-4-6(2)8-7-5;1-4-6-3-7-5(2)8-4/h4*3-5H,1-2H3;6*3-4H,1-2H3;3H,1-2H3. The van der Waals surface area contributed by atoms with Gasteiger partial charge in [-0.2, -0.15) is 20.4 Å². The SMILES string of the molecule is Cc1ccc(C)nc1.Cc1ccc(C)nn1.Cc1cccc(C)n1.Cc1cccnc1C.Cc1ccnc(C)c1.Cc1ccnc(C)n1.Cc1ccnnc1C.Cc1cnc(C)cn1.Cc1cnc(C)nc1.Cc1cncc(C)n1.Cc1ncnc(C)n1. The highest BCUT2D eigenvalue weighted by Gasteiger charge is 1.91. The third kappa shape index (κ3) is 41.2. The molecule has 462 valence electrons. The van der Waals surface area contributed by atoms with Crippen LogP contribution in [0.3, 0.4) is 0 Å². The lowest BCUT2D eigenvalue weighted by Crippen LogP contribution is -1.91. The fraction of sp³-hybridized carbons (Fsp3) is 0.319. The summed E-state index contributed by atoms with van der Waals surface area (Å²) in [4.78, 5) is 59.9. The second-order valence-electron chi connectivity index (χ2n) is 20.1. The highest BCUT2D eigenvalue weighted by Crippen LogP contribution is 2.01. The van der Waals surface area contributed by atoms with Crippen molar-refractivity contribution in [3.05, 3.63) is 278 Å². The van der Waals surface area contributed by atoms with Gasteiger partial charge in [-0.15, -0.1) is 0 Å². The molecule has 0 radical (unpaired) electrons. The first-order chi connectivity index (χ1) is 41.7. The minimum Gasteiger partial charge on any atom is -0.262 e. The minimum absolute atomic E-state index is 0.775. The maximum Gasteiger partial charge on any atom is 0.129 e. The maximum absolute atomic E-state index is 4.17. The van der Waals surface area contributed by atoms with Crippen LogP contribution in [0.15, 0.2) is 153 Å². The summed E-state index contributed by atoms with van der Waals surface area (Å²) in [5.74, 6) is 3.22. The molecule has 0 unspecified atom stereocenters. The summed E-state index contributed by atoms with van der Waals surface area (Å²) in [6, 6.07) is 25.8. The van der Waals surface area contributed by atoms with E-state index in [0.717, 1.165) is 103 Å². The number of hydrogen-bond acceptors (Lipinski definition) is 19. The van der Waals surface area contributed by atoms with Crippen molar-refractivity contribution in [2.24, 2.45) is 0 Å². The van der Waals surface area contributed by atoms with E-state index in [0.29, 0.717) is 0 Å². The maximum atomic E-state index is 4.17. The molecule has 0 N–H and O–H groups in total. The van der Waals surface area contributed by atoms with Gasteiger partial charge >= 0.3 is 0 Å². The van der Waals surface area contributed by atoms with E-state index in [9.17, 15) is 0 Å². The predicted octanol–water partition coefficient (Wildman–Crippen LogP) is 13.8. The Hall–Kier alpha value is -9.91. The normalized spacial score (nSPS) is 9.25. The highest BCUT2D eigenvalue weighted by atomic mass is 15.1. The quantitative estimate of drug-likeness (QED) is 0.137. The van der Waals surface area contributed by atoms with E-state index in [1.807, 2.05) is 230 Å². The van der Waals surface area contributed by atoms with Crippen molar-refractivity contribution in [3.8, 4) is 0 Å². The van der Waals surface area contributed by atoms with Gasteiger partial charge in [0, 0.05) is 102 Å². The first-order valence-electron chi connectivity index (χ1n) is 28.4. The molecule has 0 fully saturated rings. The summed E-state index contributed by atoms with van der Waals surface area (Å²) in [6.45, 7) is 43.0. The Balaban J connectivity index is 0.000000484. The molecule has 88 heavy (non-hydrogen) atoms. The van der Waals surface area contributed by atoms with Gasteiger partial charge in [0.15, 0.2) is 0 Å². The van der Waals surface area contributed by atoms with Gasteiger partial charge < -0.3 is 0 Å². The Morgan fingerprint density at radius 2 is 0.739 bits per heavy atom. The lowest BCUT2D eigenvalue weighted by atomic mass is 10.2. The number of hydrogen-bond donors (Lipinski definition) is 0. The van der Waals surface area contributed by atoms with Crippen LogP contribution in [0.25, 0.3) is 0 Å². The van der Waals surface area contributed by atoms with Gasteiger partial charge in [-0.05, 0) is 241 Å². The average Bonchev–Trinajstić information content (AvgIpc) is 3.48. The molecule has 11 aromatic heterocycles. The molecule has 19 heteroatoms. The van der Waals surface area contributed by atoms with Gasteiger partial charge in [-0.25, -0.2) is 34.9 Å². The minimum atomic E-state index is 0.775. The molecule has 0 atom stereocenters. The summed E-state index contributed by atoms with van der Waals surface area (Å²) in [5.41, 5.74) is 19.4. The summed E-state index contributed by atoms with van der Waals surface area (Å²) in [5, 5.41) is 15.2. The van der Waals surface area contributed by atoms with E-state index in [2.05, 4.69) is 127 Å². The van der Waals surface area contributed by atoms with Crippen LogP contribution in [0, 0.1) is 152 Å². The van der Waals surface area contributed by atoms with Crippen molar-refractivity contribution < 1.29 is 0 Å². The molecule has 11 rings (SSSR count). The van der Waals surface area contributed by atoms with Crippen molar-refractivity contribution in [1.82, 2.24) is 95.2 Å². The number of rotatable bonds is 0. The first kappa shape index (κ1) is 76.1. The first-order valence-corrected chi connectivity index (χ1v) is 28.4. The molecule has 0 amide bonds. The van der Waals surface area contributed by atoms with Gasteiger partial charge in [0.25, 0.3) is 0 Å². The predicted molar refractivity (Wildman–Crippen MR) is 353 cm³/mol. The number of nitrogens with zero attached hydrogens (tertiary/aromatic N) is 19. The van der Waals surface area contributed by atoms with Crippen molar-refractivity contribution in [2.45, 2.75) is 152 Å². The smallest absolute Gasteiger partial charge is 0.129 e. The Bertz CT molecular complexity index is 2920. The van der Waals surface area contributed by atoms with Crippen molar-refractivity contribution in [3.63, 3.8) is 0 Å². The Kier molecular flexibility index (Phi) is 38.5. The van der Waals surface area contributed by atoms with Crippen LogP contribution in [-0.4, -0.2) is 95.2 Å². The molecular weight excluding hydrogens is 1090 g/mol. The zero-order valence-electron chi connectivity index (χ0n) is 55.9. The van der Waals surface area contributed by atoms with Crippen molar-refractivity contribution >= 4 is 0 Å². The van der Waals surface area contributed by atoms with Crippen molar-refractivity contribution in [2.75, 3.05) is 0 Å². The van der Waals surface area contributed by atoms with Gasteiger partial charge in [0.05, 0.1) is 39.9 Å². The Morgan fingerprint density at radius 3 is 1.06 bits per heavy atom. The van der Waals surface area contributed by atoms with Crippen LogP contribution < -0.4 is 0 Å². The molecule has 0 saturated heterocycles. The third-order valence-corrected chi connectivity index (χ3v) is 10.9. The molecule has 0 bridgehead atoms. The zero-order valence-corrected chi connectivity index (χ0v) is 55.9. The van der Waals surface area contributed by atoms with Crippen LogP contribution in [0.1, 0.15) is 125 Å². The zero-order chi connectivity index (χ0) is 65.8. The topological polar surface area (TPSA) is 245 Å². The van der Waals surface area contributed by atoms with Gasteiger partial charge in [-0.1, -0.05) is 18.2 Å². The Morgan fingerprint density at radius 1 is 0.239 bits per heavy atom. The lowest BCUT2D eigenvalue weighted by Gasteiger charge is -1.92. The van der Waals surface area contributed by atoms with E-state index in [1.54, 1.807) is 37.2 Å². The second-order valence-corrected chi connectivity index (χ2v) is 20.1. The molecule has 0 aliphatic heterocycles. The molecule has 19 nitrogen and oxygen atoms in total. The van der Waals surface area contributed by atoms with Crippen LogP contribution in [0.5, 0.6) is 0 Å². The van der Waals surface area contributed by atoms with Gasteiger partial charge in [0.2, 0.25) is 0 Å². The summed E-state index contributed by atoms with van der Waals surface area (Å²) in [6.07, 6.45) is 21.1. The van der Waals surface area contributed by atoms with Crippen LogP contribution in [0.2, 0.25) is 0 Å². The molecule has 0 saturated carbocycles. The second kappa shape index (κ2) is 44.6.